The van der Waals surface area contributed by atoms with Crippen LogP contribution in [0.15, 0.2) is 61.2 Å². The van der Waals surface area contributed by atoms with Gasteiger partial charge in [-0.2, -0.15) is 0 Å². The number of pyridine rings is 2. The number of aryl methyl sites for hydroxylation is 1. The van der Waals surface area contributed by atoms with Gasteiger partial charge in [0, 0.05) is 23.0 Å². The van der Waals surface area contributed by atoms with Crippen LogP contribution in [0.5, 0.6) is 0 Å². The van der Waals surface area contributed by atoms with Crippen LogP contribution in [0, 0.1) is 6.92 Å². The quantitative estimate of drug-likeness (QED) is 0.518. The van der Waals surface area contributed by atoms with Gasteiger partial charge in [0.1, 0.15) is 12.0 Å². The lowest BCUT2D eigenvalue weighted by atomic mass is 10.1. The van der Waals surface area contributed by atoms with E-state index in [0.29, 0.717) is 17.3 Å². The zero-order valence-electron chi connectivity index (χ0n) is 14.1. The molecule has 0 atom stereocenters. The van der Waals surface area contributed by atoms with Gasteiger partial charge in [0.05, 0.1) is 17.4 Å². The van der Waals surface area contributed by atoms with Gasteiger partial charge in [0.25, 0.3) is 0 Å². The number of nitrogen functional groups attached to an aromatic ring is 1. The van der Waals surface area contributed by atoms with Crippen LogP contribution >= 0.6 is 0 Å². The first-order chi connectivity index (χ1) is 12.7. The van der Waals surface area contributed by atoms with Crippen LogP contribution in [-0.2, 0) is 0 Å². The van der Waals surface area contributed by atoms with Crippen LogP contribution < -0.4 is 16.4 Å². The highest BCUT2D eigenvalue weighted by molar-refractivity contribution is 5.94. The highest BCUT2D eigenvalue weighted by Crippen LogP contribution is 2.30. The van der Waals surface area contributed by atoms with E-state index in [1.54, 1.807) is 12.4 Å². The van der Waals surface area contributed by atoms with Crippen molar-refractivity contribution < 1.29 is 0 Å². The molecule has 3 aromatic heterocycles. The normalized spacial score (nSPS) is 10.7. The third kappa shape index (κ3) is 3.10. The summed E-state index contributed by atoms with van der Waals surface area (Å²) < 4.78 is 0. The van der Waals surface area contributed by atoms with Crippen molar-refractivity contribution in [2.24, 2.45) is 0 Å². The molecule has 26 heavy (non-hydrogen) atoms. The number of hydrogen-bond donors (Lipinski definition) is 3. The lowest BCUT2D eigenvalue weighted by Crippen LogP contribution is -2.05. The first-order valence-corrected chi connectivity index (χ1v) is 8.11. The molecule has 1 aromatic carbocycles. The van der Waals surface area contributed by atoms with Crippen LogP contribution in [-0.4, -0.2) is 19.9 Å². The number of anilines is 5. The molecular weight excluding hydrogens is 326 g/mol. The molecule has 0 bridgehead atoms. The zero-order valence-corrected chi connectivity index (χ0v) is 14.1. The summed E-state index contributed by atoms with van der Waals surface area (Å²) in [5.74, 6) is 1.05. The van der Waals surface area contributed by atoms with Gasteiger partial charge in [-0.05, 0) is 43.3 Å². The highest BCUT2D eigenvalue weighted by atomic mass is 15.1. The second-order valence-corrected chi connectivity index (χ2v) is 5.80. The molecule has 3 heterocycles. The Morgan fingerprint density at radius 2 is 1.77 bits per heavy atom. The number of benzene rings is 1. The van der Waals surface area contributed by atoms with Gasteiger partial charge < -0.3 is 16.4 Å². The van der Waals surface area contributed by atoms with Crippen molar-refractivity contribution in [3.05, 3.63) is 66.9 Å². The van der Waals surface area contributed by atoms with E-state index in [0.717, 1.165) is 28.0 Å². The lowest BCUT2D eigenvalue weighted by Gasteiger charge is -2.13. The maximum atomic E-state index is 6.26. The topological polar surface area (TPSA) is 102 Å². The maximum Gasteiger partial charge on any atom is 0.159 e. The van der Waals surface area contributed by atoms with E-state index in [1.165, 1.54) is 6.33 Å². The van der Waals surface area contributed by atoms with E-state index in [2.05, 4.69) is 30.6 Å². The first-order valence-electron chi connectivity index (χ1n) is 8.11. The molecule has 0 aliphatic heterocycles. The summed E-state index contributed by atoms with van der Waals surface area (Å²) in [6.45, 7) is 1.97. The fourth-order valence-corrected chi connectivity index (χ4v) is 2.66. The van der Waals surface area contributed by atoms with Crippen LogP contribution in [0.1, 0.15) is 5.69 Å². The molecule has 4 aromatic rings. The summed E-state index contributed by atoms with van der Waals surface area (Å²) in [7, 11) is 0. The monoisotopic (exact) mass is 343 g/mol. The van der Waals surface area contributed by atoms with Crippen LogP contribution in [0.3, 0.4) is 0 Å². The summed E-state index contributed by atoms with van der Waals surface area (Å²) in [6.07, 6.45) is 4.87. The smallest absolute Gasteiger partial charge is 0.159 e. The Kier molecular flexibility index (Phi) is 4.03. The number of fused-ring (bicyclic) bond motifs is 1. The van der Waals surface area contributed by atoms with E-state index in [1.807, 2.05) is 49.4 Å². The van der Waals surface area contributed by atoms with Gasteiger partial charge in [-0.25, -0.2) is 9.97 Å². The lowest BCUT2D eigenvalue weighted by molar-refractivity contribution is 1.17. The predicted octanol–water partition coefficient (Wildman–Crippen LogP) is 3.80. The summed E-state index contributed by atoms with van der Waals surface area (Å²) in [5, 5.41) is 7.44. The van der Waals surface area contributed by atoms with Crippen LogP contribution in [0.4, 0.5) is 28.7 Å². The van der Waals surface area contributed by atoms with Gasteiger partial charge in [0.15, 0.2) is 11.6 Å². The standard InChI is InChI=1S/C19H17N7/c1-12-7-8-14-15(24-12)5-2-6-16(14)26-19-17(20)18(22-11-23-19)25-13-4-3-9-21-10-13/h2-11H,20H2,1H3,(H2,22,23,25,26). The van der Waals surface area contributed by atoms with E-state index < -0.39 is 0 Å². The second kappa shape index (κ2) is 6.64. The summed E-state index contributed by atoms with van der Waals surface area (Å²) >= 11 is 0. The van der Waals surface area contributed by atoms with Gasteiger partial charge in [-0.1, -0.05) is 6.07 Å². The molecule has 0 saturated carbocycles. The molecule has 128 valence electrons. The Morgan fingerprint density at radius 3 is 2.58 bits per heavy atom. The molecular formula is C19H17N7. The fourth-order valence-electron chi connectivity index (χ4n) is 2.66. The molecule has 0 fully saturated rings. The van der Waals surface area contributed by atoms with Gasteiger partial charge in [-0.15, -0.1) is 0 Å². The minimum atomic E-state index is 0.424. The molecule has 4 N–H and O–H groups in total. The third-order valence-corrected chi connectivity index (χ3v) is 3.93. The number of hydrogen-bond acceptors (Lipinski definition) is 7. The third-order valence-electron chi connectivity index (χ3n) is 3.93. The summed E-state index contributed by atoms with van der Waals surface area (Å²) in [5.41, 5.74) is 10.3. The Labute approximate surface area is 150 Å². The number of nitrogens with zero attached hydrogens (tertiary/aromatic N) is 4. The SMILES string of the molecule is Cc1ccc2c(Nc3ncnc(Nc4cccnc4)c3N)cccc2n1. The Morgan fingerprint density at radius 1 is 0.923 bits per heavy atom. The molecule has 4 rings (SSSR count). The average molecular weight is 343 g/mol. The van der Waals surface area contributed by atoms with E-state index in [4.69, 9.17) is 5.73 Å². The molecule has 0 aliphatic rings. The van der Waals surface area contributed by atoms with Gasteiger partial charge in [-0.3, -0.25) is 9.97 Å². The molecule has 0 saturated heterocycles. The van der Waals surface area contributed by atoms with E-state index in [-0.39, 0.29) is 0 Å². The zero-order chi connectivity index (χ0) is 17.9. The maximum absolute atomic E-state index is 6.26. The minimum Gasteiger partial charge on any atom is -0.393 e. The van der Waals surface area contributed by atoms with Crippen LogP contribution in [0.2, 0.25) is 0 Å². The Bertz CT molecular complexity index is 1060. The van der Waals surface area contributed by atoms with Gasteiger partial charge >= 0.3 is 0 Å². The van der Waals surface area contributed by atoms with E-state index >= 15 is 0 Å². The number of nitrogens with two attached hydrogens (primary N) is 1. The van der Waals surface area contributed by atoms with Crippen molar-refractivity contribution in [2.45, 2.75) is 6.92 Å². The number of rotatable bonds is 4. The molecule has 7 heteroatoms. The Hall–Kier alpha value is -3.74. The molecule has 0 unspecified atom stereocenters. The Balaban J connectivity index is 1.68. The molecule has 0 aliphatic carbocycles. The van der Waals surface area contributed by atoms with Crippen molar-refractivity contribution in [2.75, 3.05) is 16.4 Å². The molecule has 0 spiro atoms. The second-order valence-electron chi connectivity index (χ2n) is 5.80. The van der Waals surface area contributed by atoms with Crippen molar-refractivity contribution >= 4 is 39.6 Å². The number of aromatic nitrogens is 4. The van der Waals surface area contributed by atoms with Crippen molar-refractivity contribution in [1.29, 1.82) is 0 Å². The van der Waals surface area contributed by atoms with Crippen molar-refractivity contribution in [1.82, 2.24) is 19.9 Å². The fraction of sp³-hybridized carbons (Fsp3) is 0.0526. The van der Waals surface area contributed by atoms with Crippen molar-refractivity contribution in [3.63, 3.8) is 0 Å². The minimum absolute atomic E-state index is 0.424. The van der Waals surface area contributed by atoms with Crippen molar-refractivity contribution in [3.8, 4) is 0 Å². The van der Waals surface area contributed by atoms with E-state index in [9.17, 15) is 0 Å². The first kappa shape index (κ1) is 15.8. The van der Waals surface area contributed by atoms with Gasteiger partial charge in [0.2, 0.25) is 0 Å². The molecule has 0 radical (unpaired) electrons. The number of nitrogens with one attached hydrogen (secondary N) is 2. The summed E-state index contributed by atoms with van der Waals surface area (Å²) in [6, 6.07) is 13.6. The molecule has 0 amide bonds. The van der Waals surface area contributed by atoms with Crippen LogP contribution in [0.25, 0.3) is 10.9 Å². The summed E-state index contributed by atoms with van der Waals surface area (Å²) in [4.78, 5) is 17.1. The highest BCUT2D eigenvalue weighted by Gasteiger charge is 2.10. The molecule has 7 nitrogen and oxygen atoms in total. The largest absolute Gasteiger partial charge is 0.393 e. The predicted molar refractivity (Wildman–Crippen MR) is 104 cm³/mol. The average Bonchev–Trinajstić information content (AvgIpc) is 2.66.